The molecule has 10 heavy (non-hydrogen) atoms. The van der Waals surface area contributed by atoms with Gasteiger partial charge in [-0.05, 0) is 0 Å². The summed E-state index contributed by atoms with van der Waals surface area (Å²) in [6, 6.07) is 0. The number of hydrazine groups is 1. The number of aromatic nitrogens is 3. The van der Waals surface area contributed by atoms with Crippen molar-refractivity contribution in [1.82, 2.24) is 20.2 Å². The van der Waals surface area contributed by atoms with Crippen LogP contribution in [-0.4, -0.2) is 20.7 Å². The van der Waals surface area contributed by atoms with Crippen LogP contribution >= 0.6 is 0 Å². The van der Waals surface area contributed by atoms with Crippen LogP contribution in [0.2, 0.25) is 0 Å². The Hall–Kier alpha value is -1.43. The average Bonchev–Trinajstić information content (AvgIpc) is 2.40. The third kappa shape index (κ3) is 1.52. The SMILES string of the molecule is NNC(=O)Cn1cnnc1. The summed E-state index contributed by atoms with van der Waals surface area (Å²) in [5.41, 5.74) is 1.99. The maximum Gasteiger partial charge on any atom is 0.253 e. The maximum absolute atomic E-state index is 10.6. The molecular weight excluding hydrogens is 134 g/mol. The van der Waals surface area contributed by atoms with Crippen molar-refractivity contribution >= 4 is 5.91 Å². The van der Waals surface area contributed by atoms with Gasteiger partial charge in [-0.2, -0.15) is 0 Å². The quantitative estimate of drug-likeness (QED) is 0.291. The highest BCUT2D eigenvalue weighted by atomic mass is 16.2. The van der Waals surface area contributed by atoms with Crippen LogP contribution in [0.25, 0.3) is 0 Å². The fraction of sp³-hybridized carbons (Fsp3) is 0.250. The van der Waals surface area contributed by atoms with E-state index >= 15 is 0 Å². The molecule has 6 nitrogen and oxygen atoms in total. The van der Waals surface area contributed by atoms with Crippen LogP contribution in [0, 0.1) is 0 Å². The lowest BCUT2D eigenvalue weighted by atomic mass is 10.6. The van der Waals surface area contributed by atoms with E-state index in [1.54, 1.807) is 0 Å². The number of carbonyl (C=O) groups excluding carboxylic acids is 1. The Morgan fingerprint density at radius 1 is 1.60 bits per heavy atom. The molecule has 0 saturated heterocycles. The van der Waals surface area contributed by atoms with Gasteiger partial charge in [0.05, 0.1) is 0 Å². The molecule has 1 aromatic heterocycles. The molecule has 0 spiro atoms. The highest BCUT2D eigenvalue weighted by Gasteiger charge is 1.97. The Morgan fingerprint density at radius 3 is 2.70 bits per heavy atom. The number of nitrogens with one attached hydrogen (secondary N) is 1. The summed E-state index contributed by atoms with van der Waals surface area (Å²) in [5, 5.41) is 7.00. The van der Waals surface area contributed by atoms with Crippen LogP contribution in [0.4, 0.5) is 0 Å². The van der Waals surface area contributed by atoms with Gasteiger partial charge in [-0.1, -0.05) is 0 Å². The highest BCUT2D eigenvalue weighted by molar-refractivity contribution is 5.74. The number of hydrogen-bond donors (Lipinski definition) is 2. The topological polar surface area (TPSA) is 85.8 Å². The molecule has 54 valence electrons. The van der Waals surface area contributed by atoms with Crippen molar-refractivity contribution in [2.45, 2.75) is 6.54 Å². The van der Waals surface area contributed by atoms with Gasteiger partial charge in [0.25, 0.3) is 5.91 Å². The van der Waals surface area contributed by atoms with Gasteiger partial charge in [0, 0.05) is 0 Å². The third-order valence-corrected chi connectivity index (χ3v) is 0.954. The predicted octanol–water partition coefficient (Wildman–Crippen LogP) is -1.73. The van der Waals surface area contributed by atoms with Crippen molar-refractivity contribution in [1.29, 1.82) is 0 Å². The van der Waals surface area contributed by atoms with Gasteiger partial charge < -0.3 is 4.57 Å². The molecule has 0 fully saturated rings. The Kier molecular flexibility index (Phi) is 1.96. The third-order valence-electron chi connectivity index (χ3n) is 0.954. The van der Waals surface area contributed by atoms with E-state index in [1.807, 2.05) is 5.43 Å². The van der Waals surface area contributed by atoms with E-state index in [1.165, 1.54) is 17.2 Å². The Bertz CT molecular complexity index is 205. The molecule has 0 aromatic carbocycles. The minimum atomic E-state index is -0.278. The lowest BCUT2D eigenvalue weighted by Crippen LogP contribution is -2.32. The summed E-state index contributed by atoms with van der Waals surface area (Å²) in [6.07, 6.45) is 2.88. The standard InChI is InChI=1S/C4H7N5O/c5-8-4(10)1-9-2-6-7-3-9/h2-3H,1,5H2,(H,8,10). The van der Waals surface area contributed by atoms with Crippen LogP contribution in [0.15, 0.2) is 12.7 Å². The van der Waals surface area contributed by atoms with Crippen LogP contribution < -0.4 is 11.3 Å². The van der Waals surface area contributed by atoms with Gasteiger partial charge in [-0.3, -0.25) is 10.2 Å². The highest BCUT2D eigenvalue weighted by Crippen LogP contribution is 1.79. The smallest absolute Gasteiger partial charge is 0.253 e. The lowest BCUT2D eigenvalue weighted by molar-refractivity contribution is -0.121. The molecular formula is C4H7N5O. The molecule has 1 amide bonds. The van der Waals surface area contributed by atoms with Crippen molar-refractivity contribution in [3.63, 3.8) is 0 Å². The Morgan fingerprint density at radius 2 is 2.20 bits per heavy atom. The van der Waals surface area contributed by atoms with Crippen LogP contribution in [0.3, 0.4) is 0 Å². The molecule has 0 radical (unpaired) electrons. The van der Waals surface area contributed by atoms with Gasteiger partial charge in [-0.15, -0.1) is 10.2 Å². The van der Waals surface area contributed by atoms with Crippen molar-refractivity contribution in [3.05, 3.63) is 12.7 Å². The van der Waals surface area contributed by atoms with E-state index in [0.29, 0.717) is 0 Å². The maximum atomic E-state index is 10.6. The first-order chi connectivity index (χ1) is 4.83. The first kappa shape index (κ1) is 6.69. The number of hydrogen-bond acceptors (Lipinski definition) is 4. The van der Waals surface area contributed by atoms with Crippen molar-refractivity contribution in [2.75, 3.05) is 0 Å². The zero-order chi connectivity index (χ0) is 7.40. The first-order valence-corrected chi connectivity index (χ1v) is 2.65. The van der Waals surface area contributed by atoms with E-state index < -0.39 is 0 Å². The Balaban J connectivity index is 2.48. The predicted molar refractivity (Wildman–Crippen MR) is 32.4 cm³/mol. The van der Waals surface area contributed by atoms with E-state index in [0.717, 1.165) is 0 Å². The van der Waals surface area contributed by atoms with Gasteiger partial charge in [0.1, 0.15) is 19.2 Å². The molecule has 6 heteroatoms. The normalized spacial score (nSPS) is 9.30. The van der Waals surface area contributed by atoms with Crippen molar-refractivity contribution in [2.24, 2.45) is 5.84 Å². The van der Waals surface area contributed by atoms with Gasteiger partial charge >= 0.3 is 0 Å². The zero-order valence-corrected chi connectivity index (χ0v) is 5.19. The fourth-order valence-corrected chi connectivity index (χ4v) is 0.515. The summed E-state index contributed by atoms with van der Waals surface area (Å²) in [6.45, 7) is 0.156. The largest absolute Gasteiger partial charge is 0.311 e. The average molecular weight is 141 g/mol. The fourth-order valence-electron chi connectivity index (χ4n) is 0.515. The summed E-state index contributed by atoms with van der Waals surface area (Å²) < 4.78 is 1.52. The molecule has 0 aliphatic rings. The monoisotopic (exact) mass is 141 g/mol. The summed E-state index contributed by atoms with van der Waals surface area (Å²) in [7, 11) is 0. The number of carbonyl (C=O) groups is 1. The van der Waals surface area contributed by atoms with Crippen LogP contribution in [0.5, 0.6) is 0 Å². The van der Waals surface area contributed by atoms with E-state index in [4.69, 9.17) is 5.84 Å². The number of amides is 1. The molecule has 3 N–H and O–H groups in total. The second kappa shape index (κ2) is 2.92. The number of rotatable bonds is 2. The molecule has 0 saturated carbocycles. The molecule has 0 aliphatic heterocycles. The number of nitrogens with zero attached hydrogens (tertiary/aromatic N) is 3. The zero-order valence-electron chi connectivity index (χ0n) is 5.19. The summed E-state index contributed by atoms with van der Waals surface area (Å²) >= 11 is 0. The first-order valence-electron chi connectivity index (χ1n) is 2.65. The minimum absolute atomic E-state index is 0.156. The molecule has 0 unspecified atom stereocenters. The second-order valence-electron chi connectivity index (χ2n) is 1.70. The summed E-state index contributed by atoms with van der Waals surface area (Å²) in [4.78, 5) is 10.6. The molecule has 0 aliphatic carbocycles. The second-order valence-corrected chi connectivity index (χ2v) is 1.70. The van der Waals surface area contributed by atoms with E-state index in [-0.39, 0.29) is 12.5 Å². The lowest BCUT2D eigenvalue weighted by Gasteiger charge is -1.96. The van der Waals surface area contributed by atoms with Crippen molar-refractivity contribution < 1.29 is 4.79 Å². The minimum Gasteiger partial charge on any atom is -0.311 e. The number of nitrogens with two attached hydrogens (primary N) is 1. The molecule has 1 heterocycles. The van der Waals surface area contributed by atoms with Crippen LogP contribution in [0.1, 0.15) is 0 Å². The van der Waals surface area contributed by atoms with Gasteiger partial charge in [0.2, 0.25) is 0 Å². The van der Waals surface area contributed by atoms with E-state index in [9.17, 15) is 4.79 Å². The van der Waals surface area contributed by atoms with Gasteiger partial charge in [-0.25, -0.2) is 5.84 Å². The molecule has 0 atom stereocenters. The van der Waals surface area contributed by atoms with Crippen LogP contribution in [-0.2, 0) is 11.3 Å². The van der Waals surface area contributed by atoms with Crippen molar-refractivity contribution in [3.8, 4) is 0 Å². The van der Waals surface area contributed by atoms with Gasteiger partial charge in [0.15, 0.2) is 0 Å². The molecule has 0 bridgehead atoms. The molecule has 1 aromatic rings. The molecule has 1 rings (SSSR count). The summed E-state index contributed by atoms with van der Waals surface area (Å²) in [5.74, 6) is 4.56. The van der Waals surface area contributed by atoms with E-state index in [2.05, 4.69) is 10.2 Å². The Labute approximate surface area is 57.0 Å².